The van der Waals surface area contributed by atoms with Gasteiger partial charge in [-0.25, -0.2) is 12.8 Å². The van der Waals surface area contributed by atoms with E-state index < -0.39 is 31.3 Å². The number of nitro benzene ring substituents is 1. The third kappa shape index (κ3) is 3.07. The molecule has 0 bridgehead atoms. The first-order valence-corrected chi connectivity index (χ1v) is 6.66. The van der Waals surface area contributed by atoms with Crippen molar-refractivity contribution in [3.8, 4) is 12.3 Å². The molecule has 0 aliphatic heterocycles. The van der Waals surface area contributed by atoms with Gasteiger partial charge in [-0.1, -0.05) is 12.8 Å². The maximum atomic E-state index is 13.7. The molecule has 0 fully saturated rings. The van der Waals surface area contributed by atoms with Crippen molar-refractivity contribution < 1.29 is 17.7 Å². The molecule has 0 aromatic heterocycles. The van der Waals surface area contributed by atoms with Crippen molar-refractivity contribution in [1.29, 1.82) is 0 Å². The molecule has 0 atom stereocenters. The molecule has 19 heavy (non-hydrogen) atoms. The summed E-state index contributed by atoms with van der Waals surface area (Å²) in [6.45, 7) is 1.43. The van der Waals surface area contributed by atoms with Crippen LogP contribution in [0.4, 0.5) is 10.1 Å². The van der Waals surface area contributed by atoms with Crippen molar-refractivity contribution in [1.82, 2.24) is 4.31 Å². The van der Waals surface area contributed by atoms with Crippen LogP contribution < -0.4 is 0 Å². The fraction of sp³-hybridized carbons (Fsp3) is 0.273. The van der Waals surface area contributed by atoms with Crippen molar-refractivity contribution in [2.45, 2.75) is 11.8 Å². The molecule has 0 radical (unpaired) electrons. The fourth-order valence-electron chi connectivity index (χ4n) is 1.42. The summed E-state index contributed by atoms with van der Waals surface area (Å²) in [5, 5.41) is 10.5. The first kappa shape index (κ1) is 15.1. The Bertz CT molecular complexity index is 637. The molecule has 1 aromatic carbocycles. The summed E-state index contributed by atoms with van der Waals surface area (Å²) in [5.41, 5.74) is -0.517. The molecular formula is C11H11FN2O4S. The lowest BCUT2D eigenvalue weighted by atomic mass is 10.3. The Labute approximate surface area is 110 Å². The van der Waals surface area contributed by atoms with Crippen molar-refractivity contribution >= 4 is 15.7 Å². The molecule has 0 amide bonds. The molecule has 0 spiro atoms. The van der Waals surface area contributed by atoms with Gasteiger partial charge in [-0.05, 0) is 6.07 Å². The maximum Gasteiger partial charge on any atom is 0.272 e. The van der Waals surface area contributed by atoms with E-state index >= 15 is 0 Å². The summed E-state index contributed by atoms with van der Waals surface area (Å²) in [4.78, 5) is 9.02. The normalized spacial score (nSPS) is 11.3. The van der Waals surface area contributed by atoms with E-state index in [0.29, 0.717) is 6.07 Å². The zero-order valence-corrected chi connectivity index (χ0v) is 10.9. The van der Waals surface area contributed by atoms with Gasteiger partial charge in [0.05, 0.1) is 17.5 Å². The van der Waals surface area contributed by atoms with Gasteiger partial charge in [0.2, 0.25) is 10.0 Å². The summed E-state index contributed by atoms with van der Waals surface area (Å²) in [7, 11) is -4.09. The van der Waals surface area contributed by atoms with E-state index in [0.717, 1.165) is 16.4 Å². The summed E-state index contributed by atoms with van der Waals surface area (Å²) < 4.78 is 38.7. The van der Waals surface area contributed by atoms with Gasteiger partial charge in [-0.2, -0.15) is 4.31 Å². The van der Waals surface area contributed by atoms with Crippen molar-refractivity contribution in [2.75, 3.05) is 13.1 Å². The standard InChI is InChI=1S/C11H11FN2O4S/c1-3-7-13(4-2)19(17,18)11-6-5-9(14(15)16)8-10(11)12/h1,5-6,8H,4,7H2,2H3. The lowest BCUT2D eigenvalue weighted by Gasteiger charge is -2.17. The molecule has 0 saturated carbocycles. The SMILES string of the molecule is C#CCN(CC)S(=O)(=O)c1ccc([N+](=O)[O-])cc1F. The number of rotatable bonds is 5. The first-order chi connectivity index (χ1) is 8.84. The smallest absolute Gasteiger partial charge is 0.258 e. The highest BCUT2D eigenvalue weighted by Gasteiger charge is 2.27. The molecular weight excluding hydrogens is 275 g/mol. The van der Waals surface area contributed by atoms with Gasteiger partial charge in [0.15, 0.2) is 0 Å². The van der Waals surface area contributed by atoms with Crippen LogP contribution in [0.5, 0.6) is 0 Å². The van der Waals surface area contributed by atoms with E-state index in [2.05, 4.69) is 5.92 Å². The maximum absolute atomic E-state index is 13.7. The highest BCUT2D eigenvalue weighted by atomic mass is 32.2. The van der Waals surface area contributed by atoms with Crippen LogP contribution in [0.25, 0.3) is 0 Å². The summed E-state index contributed by atoms with van der Waals surface area (Å²) in [5.74, 6) is 0.984. The van der Waals surface area contributed by atoms with E-state index in [1.165, 1.54) is 0 Å². The number of nitro groups is 1. The number of halogens is 1. The Morgan fingerprint density at radius 1 is 1.53 bits per heavy atom. The van der Waals surface area contributed by atoms with E-state index in [1.807, 2.05) is 0 Å². The third-order valence-electron chi connectivity index (χ3n) is 2.36. The molecule has 0 aliphatic carbocycles. The molecule has 102 valence electrons. The number of terminal acetylenes is 1. The van der Waals surface area contributed by atoms with Crippen LogP contribution in [0.15, 0.2) is 23.1 Å². The minimum Gasteiger partial charge on any atom is -0.258 e. The summed E-state index contributed by atoms with van der Waals surface area (Å²) in [6, 6.07) is 2.36. The monoisotopic (exact) mass is 286 g/mol. The largest absolute Gasteiger partial charge is 0.272 e. The molecule has 0 N–H and O–H groups in total. The Kier molecular flexibility index (Phi) is 4.58. The Balaban J connectivity index is 3.30. The second-order valence-electron chi connectivity index (χ2n) is 3.51. The Morgan fingerprint density at radius 3 is 2.58 bits per heavy atom. The van der Waals surface area contributed by atoms with Gasteiger partial charge >= 0.3 is 0 Å². The van der Waals surface area contributed by atoms with Crippen LogP contribution in [0, 0.1) is 28.3 Å². The van der Waals surface area contributed by atoms with Crippen LogP contribution in [-0.4, -0.2) is 30.7 Å². The van der Waals surface area contributed by atoms with E-state index in [9.17, 15) is 22.9 Å². The average molecular weight is 286 g/mol. The average Bonchev–Trinajstić information content (AvgIpc) is 2.35. The number of non-ortho nitro benzene ring substituents is 1. The Morgan fingerprint density at radius 2 is 2.16 bits per heavy atom. The Hall–Kier alpha value is -1.98. The quantitative estimate of drug-likeness (QED) is 0.465. The van der Waals surface area contributed by atoms with Gasteiger partial charge in [-0.3, -0.25) is 10.1 Å². The van der Waals surface area contributed by atoms with Crippen molar-refractivity contribution in [3.63, 3.8) is 0 Å². The van der Waals surface area contributed by atoms with Crippen LogP contribution >= 0.6 is 0 Å². The number of hydrogen-bond donors (Lipinski definition) is 0. The predicted molar refractivity (Wildman–Crippen MR) is 66.3 cm³/mol. The van der Waals surface area contributed by atoms with Crippen LogP contribution in [0.3, 0.4) is 0 Å². The molecule has 1 rings (SSSR count). The molecule has 1 aromatic rings. The number of nitrogens with zero attached hydrogens (tertiary/aromatic N) is 2. The van der Waals surface area contributed by atoms with Gasteiger partial charge in [0, 0.05) is 12.6 Å². The fourth-order valence-corrected chi connectivity index (χ4v) is 2.83. The predicted octanol–water partition coefficient (Wildman–Crippen LogP) is 1.38. The molecule has 6 nitrogen and oxygen atoms in total. The lowest BCUT2D eigenvalue weighted by Crippen LogP contribution is -2.31. The van der Waals surface area contributed by atoms with Crippen molar-refractivity contribution in [2.24, 2.45) is 0 Å². The van der Waals surface area contributed by atoms with Crippen LogP contribution in [-0.2, 0) is 10.0 Å². The minimum atomic E-state index is -4.09. The van der Waals surface area contributed by atoms with E-state index in [4.69, 9.17) is 6.42 Å². The highest BCUT2D eigenvalue weighted by molar-refractivity contribution is 7.89. The zero-order chi connectivity index (χ0) is 14.6. The van der Waals surface area contributed by atoms with Gasteiger partial charge in [0.1, 0.15) is 10.7 Å². The van der Waals surface area contributed by atoms with E-state index in [-0.39, 0.29) is 13.1 Å². The van der Waals surface area contributed by atoms with E-state index in [1.54, 1.807) is 6.92 Å². The molecule has 0 unspecified atom stereocenters. The van der Waals surface area contributed by atoms with Gasteiger partial charge < -0.3 is 0 Å². The molecule has 0 heterocycles. The molecule has 8 heteroatoms. The zero-order valence-electron chi connectivity index (χ0n) is 10.0. The first-order valence-electron chi connectivity index (χ1n) is 5.22. The van der Waals surface area contributed by atoms with Gasteiger partial charge in [-0.15, -0.1) is 6.42 Å². The summed E-state index contributed by atoms with van der Waals surface area (Å²) >= 11 is 0. The van der Waals surface area contributed by atoms with Gasteiger partial charge in [0.25, 0.3) is 5.69 Å². The second kappa shape index (κ2) is 5.77. The topological polar surface area (TPSA) is 80.5 Å². The number of benzene rings is 1. The third-order valence-corrected chi connectivity index (χ3v) is 4.32. The lowest BCUT2D eigenvalue weighted by molar-refractivity contribution is -0.385. The molecule has 0 saturated heterocycles. The van der Waals surface area contributed by atoms with Crippen molar-refractivity contribution in [3.05, 3.63) is 34.1 Å². The van der Waals surface area contributed by atoms with Crippen LogP contribution in [0.2, 0.25) is 0 Å². The number of sulfonamides is 1. The molecule has 0 aliphatic rings. The minimum absolute atomic E-state index is 0.0724. The van der Waals surface area contributed by atoms with Crippen LogP contribution in [0.1, 0.15) is 6.92 Å². The number of hydrogen-bond acceptors (Lipinski definition) is 4. The summed E-state index contributed by atoms with van der Waals surface area (Å²) in [6.07, 6.45) is 5.04. The second-order valence-corrected chi connectivity index (χ2v) is 5.41. The highest BCUT2D eigenvalue weighted by Crippen LogP contribution is 2.23.